The fourth-order valence-corrected chi connectivity index (χ4v) is 3.04. The first kappa shape index (κ1) is 13.7. The smallest absolute Gasteiger partial charge is 0.268 e. The van der Waals surface area contributed by atoms with Crippen LogP contribution in [-0.2, 0) is 12.8 Å². The summed E-state index contributed by atoms with van der Waals surface area (Å²) >= 11 is 1.33. The van der Waals surface area contributed by atoms with Crippen molar-refractivity contribution in [2.75, 3.05) is 5.32 Å². The number of nitrogens with one attached hydrogen (secondary N) is 1. The number of aromatic nitrogens is 2. The highest BCUT2D eigenvalue weighted by Crippen LogP contribution is 2.23. The Labute approximate surface area is 125 Å². The molecule has 0 saturated carbocycles. The predicted octanol–water partition coefficient (Wildman–Crippen LogP) is 1.77. The van der Waals surface area contributed by atoms with Crippen LogP contribution in [0.25, 0.3) is 0 Å². The van der Waals surface area contributed by atoms with Gasteiger partial charge in [0, 0.05) is 11.3 Å². The molecule has 108 valence electrons. The largest absolute Gasteiger partial charge is 0.364 e. The number of thiophene rings is 1. The molecule has 2 heterocycles. The van der Waals surface area contributed by atoms with Crippen LogP contribution in [0.4, 0.5) is 5.95 Å². The van der Waals surface area contributed by atoms with Crippen molar-refractivity contribution in [3.8, 4) is 0 Å². The Hall–Kier alpha value is -2.28. The first-order chi connectivity index (χ1) is 10.1. The number of nitrogens with two attached hydrogens (primary N) is 1. The Morgan fingerprint density at radius 3 is 2.76 bits per heavy atom. The number of carbonyl (C=O) groups is 2. The van der Waals surface area contributed by atoms with Gasteiger partial charge in [0.2, 0.25) is 5.95 Å². The molecule has 3 N–H and O–H groups in total. The van der Waals surface area contributed by atoms with Crippen molar-refractivity contribution >= 4 is 29.1 Å². The SMILES string of the molecule is NC(=O)c1nc(NC(=O)c2cccs2)nc2c1CCCC2. The number of amides is 2. The van der Waals surface area contributed by atoms with E-state index in [2.05, 4.69) is 15.3 Å². The van der Waals surface area contributed by atoms with Gasteiger partial charge in [0.15, 0.2) is 0 Å². The maximum absolute atomic E-state index is 12.0. The average Bonchev–Trinajstić information content (AvgIpc) is 3.00. The van der Waals surface area contributed by atoms with Crippen LogP contribution in [0.15, 0.2) is 17.5 Å². The summed E-state index contributed by atoms with van der Waals surface area (Å²) in [4.78, 5) is 32.6. The summed E-state index contributed by atoms with van der Waals surface area (Å²) in [5.74, 6) is -0.721. The van der Waals surface area contributed by atoms with Crippen molar-refractivity contribution < 1.29 is 9.59 Å². The number of rotatable bonds is 3. The number of hydrogen-bond donors (Lipinski definition) is 2. The van der Waals surface area contributed by atoms with Crippen LogP contribution in [0, 0.1) is 0 Å². The van der Waals surface area contributed by atoms with Crippen LogP contribution >= 0.6 is 11.3 Å². The summed E-state index contributed by atoms with van der Waals surface area (Å²) < 4.78 is 0. The minimum Gasteiger partial charge on any atom is -0.364 e. The molecule has 1 aliphatic rings. The lowest BCUT2D eigenvalue weighted by Gasteiger charge is -2.17. The summed E-state index contributed by atoms with van der Waals surface area (Å²) in [6.07, 6.45) is 3.55. The molecule has 1 aliphatic carbocycles. The Bertz CT molecular complexity index is 697. The van der Waals surface area contributed by atoms with Crippen molar-refractivity contribution in [2.45, 2.75) is 25.7 Å². The number of carbonyl (C=O) groups excluding carboxylic acids is 2. The summed E-state index contributed by atoms with van der Waals surface area (Å²) in [5.41, 5.74) is 7.25. The van der Waals surface area contributed by atoms with E-state index in [4.69, 9.17) is 5.73 Å². The lowest BCUT2D eigenvalue weighted by atomic mass is 9.94. The molecule has 0 unspecified atom stereocenters. The maximum Gasteiger partial charge on any atom is 0.268 e. The molecular weight excluding hydrogens is 288 g/mol. The molecule has 2 aromatic rings. The van der Waals surface area contributed by atoms with E-state index >= 15 is 0 Å². The van der Waals surface area contributed by atoms with E-state index < -0.39 is 5.91 Å². The highest BCUT2D eigenvalue weighted by atomic mass is 32.1. The predicted molar refractivity (Wildman–Crippen MR) is 79.5 cm³/mol. The Balaban J connectivity index is 1.94. The van der Waals surface area contributed by atoms with E-state index in [1.54, 1.807) is 12.1 Å². The summed E-state index contributed by atoms with van der Waals surface area (Å²) in [7, 11) is 0. The van der Waals surface area contributed by atoms with Crippen molar-refractivity contribution in [3.05, 3.63) is 39.3 Å². The summed E-state index contributed by atoms with van der Waals surface area (Å²) in [6.45, 7) is 0. The number of anilines is 1. The van der Waals surface area contributed by atoms with Crippen molar-refractivity contribution in [1.29, 1.82) is 0 Å². The van der Waals surface area contributed by atoms with Gasteiger partial charge in [-0.05, 0) is 37.1 Å². The van der Waals surface area contributed by atoms with E-state index in [9.17, 15) is 9.59 Å². The zero-order valence-electron chi connectivity index (χ0n) is 11.3. The van der Waals surface area contributed by atoms with Gasteiger partial charge in [0.25, 0.3) is 11.8 Å². The minimum atomic E-state index is -0.581. The van der Waals surface area contributed by atoms with Crippen molar-refractivity contribution in [1.82, 2.24) is 9.97 Å². The molecule has 6 nitrogen and oxygen atoms in total. The lowest BCUT2D eigenvalue weighted by molar-refractivity contribution is 0.0990. The van der Waals surface area contributed by atoms with Gasteiger partial charge in [0.1, 0.15) is 5.69 Å². The van der Waals surface area contributed by atoms with Gasteiger partial charge in [-0.1, -0.05) is 6.07 Å². The second-order valence-corrected chi connectivity index (χ2v) is 5.77. The minimum absolute atomic E-state index is 0.142. The monoisotopic (exact) mass is 302 g/mol. The van der Waals surface area contributed by atoms with Gasteiger partial charge in [-0.2, -0.15) is 0 Å². The van der Waals surface area contributed by atoms with Crippen molar-refractivity contribution in [2.24, 2.45) is 5.73 Å². The molecule has 0 spiro atoms. The first-order valence-electron chi connectivity index (χ1n) is 6.69. The molecule has 2 amide bonds. The van der Waals surface area contributed by atoms with Gasteiger partial charge >= 0.3 is 0 Å². The molecule has 0 saturated heterocycles. The van der Waals surface area contributed by atoms with Gasteiger partial charge < -0.3 is 5.73 Å². The van der Waals surface area contributed by atoms with Crippen LogP contribution < -0.4 is 11.1 Å². The molecule has 0 aromatic carbocycles. The molecule has 0 aliphatic heterocycles. The number of aryl methyl sites for hydroxylation is 1. The fourth-order valence-electron chi connectivity index (χ4n) is 2.42. The quantitative estimate of drug-likeness (QED) is 0.902. The van der Waals surface area contributed by atoms with E-state index in [-0.39, 0.29) is 17.5 Å². The fraction of sp³-hybridized carbons (Fsp3) is 0.286. The van der Waals surface area contributed by atoms with Gasteiger partial charge in [0.05, 0.1) is 4.88 Å². The molecule has 0 fully saturated rings. The molecular formula is C14H14N4O2S. The highest BCUT2D eigenvalue weighted by molar-refractivity contribution is 7.12. The van der Waals surface area contributed by atoms with Crippen LogP contribution in [0.5, 0.6) is 0 Å². The van der Waals surface area contributed by atoms with Gasteiger partial charge in [-0.15, -0.1) is 11.3 Å². The van der Waals surface area contributed by atoms with Crippen LogP contribution in [-0.4, -0.2) is 21.8 Å². The van der Waals surface area contributed by atoms with E-state index in [0.29, 0.717) is 4.88 Å². The Kier molecular flexibility index (Phi) is 3.66. The molecule has 2 aromatic heterocycles. The zero-order valence-corrected chi connectivity index (χ0v) is 12.1. The van der Waals surface area contributed by atoms with Gasteiger partial charge in [-0.3, -0.25) is 14.9 Å². The first-order valence-corrected chi connectivity index (χ1v) is 7.57. The van der Waals surface area contributed by atoms with E-state index in [1.807, 2.05) is 5.38 Å². The third-order valence-corrected chi connectivity index (χ3v) is 4.26. The third kappa shape index (κ3) is 2.78. The van der Waals surface area contributed by atoms with Crippen LogP contribution in [0.1, 0.15) is 44.3 Å². The summed E-state index contributed by atoms with van der Waals surface area (Å²) in [6, 6.07) is 3.51. The second-order valence-electron chi connectivity index (χ2n) is 4.82. The van der Waals surface area contributed by atoms with Crippen LogP contribution in [0.2, 0.25) is 0 Å². The van der Waals surface area contributed by atoms with Gasteiger partial charge in [-0.25, -0.2) is 9.97 Å². The van der Waals surface area contributed by atoms with E-state index in [0.717, 1.165) is 36.9 Å². The number of hydrogen-bond acceptors (Lipinski definition) is 5. The number of fused-ring (bicyclic) bond motifs is 1. The Morgan fingerprint density at radius 1 is 1.24 bits per heavy atom. The number of nitrogens with zero attached hydrogens (tertiary/aromatic N) is 2. The molecule has 0 radical (unpaired) electrons. The molecule has 7 heteroatoms. The normalized spacial score (nSPS) is 13.5. The zero-order chi connectivity index (χ0) is 14.8. The van der Waals surface area contributed by atoms with E-state index in [1.165, 1.54) is 11.3 Å². The molecule has 3 rings (SSSR count). The highest BCUT2D eigenvalue weighted by Gasteiger charge is 2.21. The Morgan fingerprint density at radius 2 is 2.05 bits per heavy atom. The molecule has 0 atom stereocenters. The lowest BCUT2D eigenvalue weighted by Crippen LogP contribution is -2.23. The third-order valence-electron chi connectivity index (χ3n) is 3.39. The van der Waals surface area contributed by atoms with Crippen LogP contribution in [0.3, 0.4) is 0 Å². The average molecular weight is 302 g/mol. The second kappa shape index (κ2) is 5.61. The topological polar surface area (TPSA) is 98.0 Å². The molecule has 21 heavy (non-hydrogen) atoms. The van der Waals surface area contributed by atoms with Crippen molar-refractivity contribution in [3.63, 3.8) is 0 Å². The molecule has 0 bridgehead atoms. The number of primary amides is 1. The standard InChI is InChI=1S/C14H14N4O2S/c15-12(19)11-8-4-1-2-5-9(8)16-14(17-11)18-13(20)10-6-3-7-21-10/h3,6-7H,1-2,4-5H2,(H2,15,19)(H,16,17,18,20). The summed E-state index contributed by atoms with van der Waals surface area (Å²) in [5, 5.41) is 4.45. The maximum atomic E-state index is 12.0.